The number of nitrogens with zero attached hydrogens (tertiary/aromatic N) is 1. The Bertz CT molecular complexity index is 242. The smallest absolute Gasteiger partial charge is 0.249 e. The summed E-state index contributed by atoms with van der Waals surface area (Å²) in [6.07, 6.45) is 5.71. The van der Waals surface area contributed by atoms with Crippen LogP contribution < -0.4 is 0 Å². The Morgan fingerprint density at radius 3 is 2.75 bits per heavy atom. The second-order valence-corrected chi connectivity index (χ2v) is 3.77. The van der Waals surface area contributed by atoms with E-state index in [0.717, 1.165) is 31.4 Å². The molecule has 0 saturated carbocycles. The van der Waals surface area contributed by atoms with Gasteiger partial charge in [0.15, 0.2) is 0 Å². The van der Waals surface area contributed by atoms with E-state index in [4.69, 9.17) is 0 Å². The fraction of sp³-hybridized carbons (Fsp3) is 0.700. The quantitative estimate of drug-likeness (QED) is 0.535. The van der Waals surface area contributed by atoms with Gasteiger partial charge in [0.1, 0.15) is 0 Å². The molecule has 1 amide bonds. The van der Waals surface area contributed by atoms with Gasteiger partial charge in [-0.25, -0.2) is 0 Å². The summed E-state index contributed by atoms with van der Waals surface area (Å²) in [5.41, 5.74) is 2.58. The van der Waals surface area contributed by atoms with Crippen LogP contribution in [0.15, 0.2) is 11.1 Å². The van der Waals surface area contributed by atoms with E-state index in [1.165, 1.54) is 18.4 Å². The summed E-state index contributed by atoms with van der Waals surface area (Å²) in [5, 5.41) is 0. The molecule has 1 aliphatic carbocycles. The Hall–Kier alpha value is -0.790. The van der Waals surface area contributed by atoms with E-state index in [9.17, 15) is 4.79 Å². The van der Waals surface area contributed by atoms with Crippen molar-refractivity contribution < 1.29 is 4.79 Å². The molecule has 0 unspecified atom stereocenters. The molecule has 0 N–H and O–H groups in total. The van der Waals surface area contributed by atoms with E-state index in [1.807, 2.05) is 11.9 Å². The Balaban J connectivity index is 2.27. The number of carbonyl (C=O) groups excluding carboxylic acids is 1. The lowest BCUT2D eigenvalue weighted by molar-refractivity contribution is -0.125. The molecule has 0 aromatic heterocycles. The van der Waals surface area contributed by atoms with Gasteiger partial charge in [-0.15, -0.1) is 0 Å². The van der Waals surface area contributed by atoms with Crippen molar-refractivity contribution in [3.8, 4) is 0 Å². The molecule has 66 valence electrons. The van der Waals surface area contributed by atoms with Gasteiger partial charge in [-0.05, 0) is 32.1 Å². The summed E-state index contributed by atoms with van der Waals surface area (Å²) in [6.45, 7) is 0.936. The van der Waals surface area contributed by atoms with Crippen LogP contribution in [0.1, 0.15) is 32.1 Å². The Kier molecular flexibility index (Phi) is 1.91. The summed E-state index contributed by atoms with van der Waals surface area (Å²) in [7, 11) is 1.91. The van der Waals surface area contributed by atoms with Crippen LogP contribution in [0.2, 0.25) is 0 Å². The molecule has 0 radical (unpaired) electrons. The number of likely N-dealkylation sites (N-methyl/N-ethyl adjacent to an activating group) is 1. The molecule has 12 heavy (non-hydrogen) atoms. The van der Waals surface area contributed by atoms with Crippen LogP contribution in [0.25, 0.3) is 0 Å². The second-order valence-electron chi connectivity index (χ2n) is 3.77. The maximum Gasteiger partial charge on any atom is 0.249 e. The molecule has 2 heteroatoms. The SMILES string of the molecule is CN1CCCC2=C(CCC2)C1=O. The predicted octanol–water partition coefficient (Wildman–Crippen LogP) is 1.72. The lowest BCUT2D eigenvalue weighted by Crippen LogP contribution is -2.27. The first-order valence-corrected chi connectivity index (χ1v) is 4.75. The standard InChI is InChI=1S/C10H15NO/c1-11-7-3-5-8-4-2-6-9(8)10(11)12/h2-7H2,1H3. The van der Waals surface area contributed by atoms with Crippen LogP contribution in [0, 0.1) is 0 Å². The van der Waals surface area contributed by atoms with Gasteiger partial charge < -0.3 is 4.90 Å². The Labute approximate surface area is 73.2 Å². The van der Waals surface area contributed by atoms with Crippen LogP contribution in [0.3, 0.4) is 0 Å². The topological polar surface area (TPSA) is 20.3 Å². The molecule has 1 aliphatic heterocycles. The van der Waals surface area contributed by atoms with Crippen molar-refractivity contribution in [1.29, 1.82) is 0 Å². The zero-order chi connectivity index (χ0) is 8.55. The van der Waals surface area contributed by atoms with Crippen LogP contribution in [-0.4, -0.2) is 24.4 Å². The molecular formula is C10H15NO. The van der Waals surface area contributed by atoms with Crippen molar-refractivity contribution in [1.82, 2.24) is 4.90 Å². The summed E-state index contributed by atoms with van der Waals surface area (Å²) < 4.78 is 0. The summed E-state index contributed by atoms with van der Waals surface area (Å²) in [4.78, 5) is 13.6. The molecule has 0 fully saturated rings. The minimum atomic E-state index is 0.292. The van der Waals surface area contributed by atoms with Gasteiger partial charge in [0.25, 0.3) is 0 Å². The fourth-order valence-electron chi connectivity index (χ4n) is 2.20. The third-order valence-corrected chi connectivity index (χ3v) is 2.91. The van der Waals surface area contributed by atoms with E-state index in [-0.39, 0.29) is 0 Å². The summed E-state index contributed by atoms with van der Waals surface area (Å²) in [5.74, 6) is 0.292. The minimum Gasteiger partial charge on any atom is -0.342 e. The number of rotatable bonds is 0. The first-order chi connectivity index (χ1) is 5.79. The highest BCUT2D eigenvalue weighted by atomic mass is 16.2. The zero-order valence-electron chi connectivity index (χ0n) is 7.60. The van der Waals surface area contributed by atoms with Crippen molar-refractivity contribution in [2.75, 3.05) is 13.6 Å². The monoisotopic (exact) mass is 165 g/mol. The molecule has 2 aliphatic rings. The second kappa shape index (κ2) is 2.92. The van der Waals surface area contributed by atoms with Crippen LogP contribution >= 0.6 is 0 Å². The van der Waals surface area contributed by atoms with Crippen molar-refractivity contribution >= 4 is 5.91 Å². The zero-order valence-corrected chi connectivity index (χ0v) is 7.60. The molecule has 0 spiro atoms. The van der Waals surface area contributed by atoms with E-state index >= 15 is 0 Å². The number of carbonyl (C=O) groups is 1. The third kappa shape index (κ3) is 1.15. The lowest BCUT2D eigenvalue weighted by Gasteiger charge is -2.14. The maximum atomic E-state index is 11.7. The average Bonchev–Trinajstić information content (AvgIpc) is 2.46. The number of amides is 1. The predicted molar refractivity (Wildman–Crippen MR) is 47.7 cm³/mol. The van der Waals surface area contributed by atoms with Gasteiger partial charge in [-0.3, -0.25) is 4.79 Å². The highest BCUT2D eigenvalue weighted by Crippen LogP contribution is 2.32. The van der Waals surface area contributed by atoms with E-state index < -0.39 is 0 Å². The van der Waals surface area contributed by atoms with Gasteiger partial charge in [-0.2, -0.15) is 0 Å². The van der Waals surface area contributed by atoms with Gasteiger partial charge in [0.05, 0.1) is 0 Å². The van der Waals surface area contributed by atoms with E-state index in [2.05, 4.69) is 0 Å². The van der Waals surface area contributed by atoms with Gasteiger partial charge in [0, 0.05) is 19.2 Å². The minimum absolute atomic E-state index is 0.292. The molecule has 0 aromatic rings. The molecule has 0 saturated heterocycles. The van der Waals surface area contributed by atoms with Gasteiger partial charge >= 0.3 is 0 Å². The summed E-state index contributed by atoms with van der Waals surface area (Å²) in [6, 6.07) is 0. The molecular weight excluding hydrogens is 150 g/mol. The van der Waals surface area contributed by atoms with Crippen molar-refractivity contribution in [2.24, 2.45) is 0 Å². The number of hydrogen-bond donors (Lipinski definition) is 0. The number of allylic oxidation sites excluding steroid dienone is 1. The highest BCUT2D eigenvalue weighted by Gasteiger charge is 2.25. The lowest BCUT2D eigenvalue weighted by atomic mass is 10.1. The Morgan fingerprint density at radius 2 is 1.92 bits per heavy atom. The van der Waals surface area contributed by atoms with E-state index in [0.29, 0.717) is 5.91 Å². The van der Waals surface area contributed by atoms with Gasteiger partial charge in [0.2, 0.25) is 5.91 Å². The average molecular weight is 165 g/mol. The molecule has 2 rings (SSSR count). The van der Waals surface area contributed by atoms with E-state index in [1.54, 1.807) is 0 Å². The van der Waals surface area contributed by atoms with Crippen LogP contribution in [0.5, 0.6) is 0 Å². The largest absolute Gasteiger partial charge is 0.342 e. The normalized spacial score (nSPS) is 24.4. The molecule has 0 bridgehead atoms. The Morgan fingerprint density at radius 1 is 1.17 bits per heavy atom. The first kappa shape index (κ1) is 7.84. The van der Waals surface area contributed by atoms with Crippen LogP contribution in [0.4, 0.5) is 0 Å². The van der Waals surface area contributed by atoms with Crippen LogP contribution in [-0.2, 0) is 4.79 Å². The van der Waals surface area contributed by atoms with Gasteiger partial charge in [-0.1, -0.05) is 5.57 Å². The van der Waals surface area contributed by atoms with Crippen molar-refractivity contribution in [2.45, 2.75) is 32.1 Å². The maximum absolute atomic E-state index is 11.7. The first-order valence-electron chi connectivity index (χ1n) is 4.75. The molecule has 1 heterocycles. The van der Waals surface area contributed by atoms with Crippen molar-refractivity contribution in [3.63, 3.8) is 0 Å². The number of hydrogen-bond acceptors (Lipinski definition) is 1. The molecule has 0 atom stereocenters. The molecule has 2 nitrogen and oxygen atoms in total. The fourth-order valence-corrected chi connectivity index (χ4v) is 2.20. The summed E-state index contributed by atoms with van der Waals surface area (Å²) >= 11 is 0. The third-order valence-electron chi connectivity index (χ3n) is 2.91. The molecule has 0 aromatic carbocycles. The van der Waals surface area contributed by atoms with Crippen molar-refractivity contribution in [3.05, 3.63) is 11.1 Å². The highest BCUT2D eigenvalue weighted by molar-refractivity contribution is 5.94.